The summed E-state index contributed by atoms with van der Waals surface area (Å²) in [6, 6.07) is 12.1. The van der Waals surface area contributed by atoms with E-state index in [-0.39, 0.29) is 35.8 Å². The van der Waals surface area contributed by atoms with Crippen LogP contribution in [0.5, 0.6) is 23.0 Å². The first-order valence-corrected chi connectivity index (χ1v) is 13.9. The first-order valence-electron chi connectivity index (χ1n) is 13.9. The number of carbonyl (C=O) groups excluding carboxylic acids is 2. The summed E-state index contributed by atoms with van der Waals surface area (Å²) in [7, 11) is 1.57. The molecule has 4 rings (SSSR count). The lowest BCUT2D eigenvalue weighted by Crippen LogP contribution is -2.38. The Morgan fingerprint density at radius 3 is 2.67 bits per heavy atom. The smallest absolute Gasteiger partial charge is 0.302 e. The molecule has 7 heteroatoms. The van der Waals surface area contributed by atoms with Crippen molar-refractivity contribution in [3.05, 3.63) is 59.7 Å². The van der Waals surface area contributed by atoms with E-state index in [2.05, 4.69) is 18.0 Å². The van der Waals surface area contributed by atoms with Crippen molar-refractivity contribution < 1.29 is 28.9 Å². The summed E-state index contributed by atoms with van der Waals surface area (Å²) in [6.45, 7) is 4.34. The average molecular weight is 534 g/mol. The summed E-state index contributed by atoms with van der Waals surface area (Å²) >= 11 is 0. The third kappa shape index (κ3) is 7.71. The number of Topliss-reactive ketones (excluding diaryl/α,β-unsaturated/α-hetero) is 1. The zero-order valence-electron chi connectivity index (χ0n) is 23.1. The predicted molar refractivity (Wildman–Crippen MR) is 151 cm³/mol. The number of ether oxygens (including phenoxy) is 3. The SMILES string of the molecule is CC[C@@H]1CC[C@@H](C2=CCN=C2)[C@@H]([C@H](CC(=O)CCc2ccc(Oc3cccc(O)c3)c(OC)c2)OC(C)=O)C1. The van der Waals surface area contributed by atoms with Crippen LogP contribution in [-0.2, 0) is 20.7 Å². The highest BCUT2D eigenvalue weighted by atomic mass is 16.5. The number of rotatable bonds is 12. The van der Waals surface area contributed by atoms with Crippen molar-refractivity contribution in [2.75, 3.05) is 13.7 Å². The molecule has 1 saturated carbocycles. The van der Waals surface area contributed by atoms with Gasteiger partial charge in [0.1, 0.15) is 23.4 Å². The summed E-state index contributed by atoms with van der Waals surface area (Å²) in [5.41, 5.74) is 2.17. The molecular weight excluding hydrogens is 494 g/mol. The van der Waals surface area contributed by atoms with Crippen molar-refractivity contribution in [3.8, 4) is 23.0 Å². The minimum absolute atomic E-state index is 0.0757. The lowest BCUT2D eigenvalue weighted by molar-refractivity contribution is -0.152. The zero-order chi connectivity index (χ0) is 27.8. The minimum atomic E-state index is -0.433. The molecule has 7 nitrogen and oxygen atoms in total. The van der Waals surface area contributed by atoms with E-state index >= 15 is 0 Å². The molecule has 0 unspecified atom stereocenters. The van der Waals surface area contributed by atoms with Gasteiger partial charge in [0.2, 0.25) is 0 Å². The fraction of sp³-hybridized carbons (Fsp3) is 0.469. The van der Waals surface area contributed by atoms with Crippen LogP contribution >= 0.6 is 0 Å². The number of aromatic hydroxyl groups is 1. The molecule has 208 valence electrons. The fourth-order valence-electron chi connectivity index (χ4n) is 5.84. The highest BCUT2D eigenvalue weighted by Gasteiger charge is 2.39. The lowest BCUT2D eigenvalue weighted by atomic mass is 9.67. The Morgan fingerprint density at radius 2 is 1.97 bits per heavy atom. The Kier molecular flexibility index (Phi) is 9.79. The Labute approximate surface area is 230 Å². The number of phenolic OH excluding ortho intramolecular Hbond substituents is 1. The van der Waals surface area contributed by atoms with Crippen LogP contribution in [0.25, 0.3) is 0 Å². The quantitative estimate of drug-likeness (QED) is 0.314. The molecule has 0 aromatic heterocycles. The van der Waals surface area contributed by atoms with Gasteiger partial charge in [0.25, 0.3) is 0 Å². The molecule has 2 aliphatic rings. The Morgan fingerprint density at radius 1 is 1.13 bits per heavy atom. The normalized spacial score (nSPS) is 21.2. The summed E-state index contributed by atoms with van der Waals surface area (Å²) in [6.07, 6.45) is 9.01. The molecule has 1 fully saturated rings. The van der Waals surface area contributed by atoms with E-state index < -0.39 is 6.10 Å². The topological polar surface area (TPSA) is 94.4 Å². The molecular formula is C32H39NO6. The van der Waals surface area contributed by atoms with E-state index in [0.29, 0.717) is 42.6 Å². The number of carbonyl (C=O) groups is 2. The molecule has 1 heterocycles. The van der Waals surface area contributed by atoms with Crippen LogP contribution in [0.2, 0.25) is 0 Å². The minimum Gasteiger partial charge on any atom is -0.508 e. The molecule has 0 spiro atoms. The van der Waals surface area contributed by atoms with E-state index in [1.54, 1.807) is 31.4 Å². The number of nitrogens with zero attached hydrogens (tertiary/aromatic N) is 1. The summed E-state index contributed by atoms with van der Waals surface area (Å²) in [4.78, 5) is 29.7. The number of allylic oxidation sites excluding steroid dienone is 1. The number of methoxy groups -OCH3 is 1. The molecule has 0 radical (unpaired) electrons. The third-order valence-electron chi connectivity index (χ3n) is 7.88. The average Bonchev–Trinajstić information content (AvgIpc) is 3.46. The summed E-state index contributed by atoms with van der Waals surface area (Å²) in [5, 5.41) is 9.69. The van der Waals surface area contributed by atoms with Crippen LogP contribution in [0.3, 0.4) is 0 Å². The van der Waals surface area contributed by atoms with Crippen molar-refractivity contribution in [2.24, 2.45) is 22.7 Å². The number of aryl methyl sites for hydroxylation is 1. The van der Waals surface area contributed by atoms with Gasteiger partial charge in [0.15, 0.2) is 11.5 Å². The van der Waals surface area contributed by atoms with Gasteiger partial charge in [-0.1, -0.05) is 31.6 Å². The van der Waals surface area contributed by atoms with E-state index in [4.69, 9.17) is 14.2 Å². The molecule has 1 N–H and O–H groups in total. The van der Waals surface area contributed by atoms with Gasteiger partial charge in [0, 0.05) is 38.0 Å². The van der Waals surface area contributed by atoms with E-state index in [1.165, 1.54) is 18.6 Å². The number of phenols is 1. The standard InChI is InChI=1S/C32H39NO6/c1-4-22-9-12-28(24-14-15-33-20-24)29(16-22)31(38-21(2)34)19-26(36)11-8-23-10-13-30(32(17-23)37-3)39-27-7-5-6-25(35)18-27/h5-7,10,13-14,17-18,20,22,28-29,31,35H,4,8-9,11-12,15-16,19H2,1-3H3/t22-,28+,29+,31+/m1/s1. The number of aliphatic imine (C=N–C) groups is 1. The second kappa shape index (κ2) is 13.5. The van der Waals surface area contributed by atoms with Gasteiger partial charge >= 0.3 is 5.97 Å². The maximum Gasteiger partial charge on any atom is 0.302 e. The number of hydrogen-bond donors (Lipinski definition) is 1. The van der Waals surface area contributed by atoms with Crippen LogP contribution in [0.15, 0.2) is 59.1 Å². The summed E-state index contributed by atoms with van der Waals surface area (Å²) in [5.74, 6) is 2.37. The van der Waals surface area contributed by atoms with Crippen LogP contribution in [0.1, 0.15) is 57.9 Å². The molecule has 2 aromatic rings. The van der Waals surface area contributed by atoms with E-state index in [9.17, 15) is 14.7 Å². The first-order chi connectivity index (χ1) is 18.9. The number of hydrogen-bond acceptors (Lipinski definition) is 7. The van der Waals surface area contributed by atoms with E-state index in [0.717, 1.165) is 31.2 Å². The predicted octanol–water partition coefficient (Wildman–Crippen LogP) is 6.47. The second-order valence-electron chi connectivity index (χ2n) is 10.5. The Hall–Kier alpha value is -3.61. The van der Waals surface area contributed by atoms with Crippen molar-refractivity contribution >= 4 is 18.0 Å². The number of esters is 1. The Balaban J connectivity index is 1.42. The number of benzene rings is 2. The van der Waals surface area contributed by atoms with Crippen LogP contribution < -0.4 is 9.47 Å². The van der Waals surface area contributed by atoms with Gasteiger partial charge in [-0.05, 0) is 72.9 Å². The third-order valence-corrected chi connectivity index (χ3v) is 7.88. The molecule has 2 aromatic carbocycles. The maximum absolute atomic E-state index is 13.2. The van der Waals surface area contributed by atoms with Crippen LogP contribution in [-0.4, -0.2) is 42.8 Å². The van der Waals surface area contributed by atoms with Gasteiger partial charge in [-0.15, -0.1) is 0 Å². The van der Waals surface area contributed by atoms with Crippen molar-refractivity contribution in [3.63, 3.8) is 0 Å². The molecule has 4 atom stereocenters. The van der Waals surface area contributed by atoms with Crippen LogP contribution in [0, 0.1) is 17.8 Å². The van der Waals surface area contributed by atoms with Crippen molar-refractivity contribution in [1.82, 2.24) is 0 Å². The molecule has 0 amide bonds. The second-order valence-corrected chi connectivity index (χ2v) is 10.5. The van der Waals surface area contributed by atoms with Crippen molar-refractivity contribution in [1.29, 1.82) is 0 Å². The molecule has 39 heavy (non-hydrogen) atoms. The zero-order valence-corrected chi connectivity index (χ0v) is 23.1. The van der Waals surface area contributed by atoms with Gasteiger partial charge in [-0.2, -0.15) is 0 Å². The summed E-state index contributed by atoms with van der Waals surface area (Å²) < 4.78 is 17.2. The van der Waals surface area contributed by atoms with Crippen LogP contribution in [0.4, 0.5) is 0 Å². The largest absolute Gasteiger partial charge is 0.508 e. The monoisotopic (exact) mass is 533 g/mol. The van der Waals surface area contributed by atoms with Crippen molar-refractivity contribution in [2.45, 2.75) is 64.9 Å². The van der Waals surface area contributed by atoms with Gasteiger partial charge in [0.05, 0.1) is 13.7 Å². The lowest BCUT2D eigenvalue weighted by Gasteiger charge is -2.40. The fourth-order valence-corrected chi connectivity index (χ4v) is 5.84. The number of ketones is 1. The van der Waals surface area contributed by atoms with Gasteiger partial charge in [-0.25, -0.2) is 0 Å². The van der Waals surface area contributed by atoms with Gasteiger partial charge < -0.3 is 19.3 Å². The Bertz CT molecular complexity index is 1220. The molecule has 1 aliphatic carbocycles. The molecule has 0 bridgehead atoms. The highest BCUT2D eigenvalue weighted by molar-refractivity contribution is 5.82. The maximum atomic E-state index is 13.2. The highest BCUT2D eigenvalue weighted by Crippen LogP contribution is 2.43. The molecule has 1 aliphatic heterocycles. The van der Waals surface area contributed by atoms with E-state index in [1.807, 2.05) is 18.3 Å². The first kappa shape index (κ1) is 28.4. The molecule has 0 saturated heterocycles. The van der Waals surface area contributed by atoms with Gasteiger partial charge in [-0.3, -0.25) is 14.6 Å².